The highest BCUT2D eigenvalue weighted by molar-refractivity contribution is 5.88. The summed E-state index contributed by atoms with van der Waals surface area (Å²) in [5.41, 5.74) is 1.83. The quantitative estimate of drug-likeness (QED) is 0.627. The molecule has 1 aromatic carbocycles. The van der Waals surface area contributed by atoms with Gasteiger partial charge in [-0.1, -0.05) is 39.0 Å². The van der Waals surface area contributed by atoms with E-state index in [4.69, 9.17) is 9.97 Å². The van der Waals surface area contributed by atoms with Crippen molar-refractivity contribution in [3.63, 3.8) is 0 Å². The lowest BCUT2D eigenvalue weighted by Crippen LogP contribution is -2.49. The van der Waals surface area contributed by atoms with Crippen molar-refractivity contribution in [3.05, 3.63) is 42.4 Å². The van der Waals surface area contributed by atoms with E-state index in [-0.39, 0.29) is 5.91 Å². The van der Waals surface area contributed by atoms with Crippen molar-refractivity contribution in [1.29, 1.82) is 0 Å². The summed E-state index contributed by atoms with van der Waals surface area (Å²) in [6, 6.07) is 10.1. The minimum absolute atomic E-state index is 0.251. The van der Waals surface area contributed by atoms with E-state index in [1.165, 1.54) is 0 Å². The fourth-order valence-corrected chi connectivity index (χ4v) is 3.92. The maximum Gasteiger partial charge on any atom is 0.222 e. The third-order valence-electron chi connectivity index (χ3n) is 5.44. The number of aromatic nitrogens is 4. The Morgan fingerprint density at radius 2 is 1.80 bits per heavy atom. The number of carbonyl (C=O) groups excluding carboxylic acids is 1. The monoisotopic (exact) mass is 406 g/mol. The molecule has 7 nitrogen and oxygen atoms in total. The number of fused-ring (bicyclic) bond motifs is 1. The van der Waals surface area contributed by atoms with Gasteiger partial charge in [0.05, 0.1) is 17.3 Å². The van der Waals surface area contributed by atoms with E-state index in [1.54, 1.807) is 0 Å². The molecule has 0 atom stereocenters. The van der Waals surface area contributed by atoms with Crippen LogP contribution in [0.1, 0.15) is 39.4 Å². The molecule has 2 aromatic heterocycles. The summed E-state index contributed by atoms with van der Waals surface area (Å²) in [5, 5.41) is 5.58. The topological polar surface area (TPSA) is 67.2 Å². The number of benzene rings is 1. The fourth-order valence-electron chi connectivity index (χ4n) is 3.92. The minimum atomic E-state index is 0.251. The zero-order valence-electron chi connectivity index (χ0n) is 18.1. The number of rotatable bonds is 6. The lowest BCUT2D eigenvalue weighted by molar-refractivity contribution is -0.132. The third-order valence-corrected chi connectivity index (χ3v) is 5.44. The van der Waals surface area contributed by atoms with Crippen LogP contribution in [0, 0.1) is 5.92 Å². The first kappa shape index (κ1) is 20.3. The Morgan fingerprint density at radius 1 is 1.07 bits per heavy atom. The maximum atomic E-state index is 12.4. The van der Waals surface area contributed by atoms with Gasteiger partial charge in [-0.2, -0.15) is 5.10 Å². The van der Waals surface area contributed by atoms with Gasteiger partial charge in [0.15, 0.2) is 5.65 Å². The molecule has 7 heteroatoms. The van der Waals surface area contributed by atoms with Gasteiger partial charge < -0.3 is 9.80 Å². The number of hydrogen-bond donors (Lipinski definition) is 0. The highest BCUT2D eigenvalue weighted by atomic mass is 16.2. The second kappa shape index (κ2) is 8.81. The van der Waals surface area contributed by atoms with E-state index >= 15 is 0 Å². The molecule has 30 heavy (non-hydrogen) atoms. The normalized spacial score (nSPS) is 14.7. The van der Waals surface area contributed by atoms with Crippen LogP contribution in [-0.4, -0.2) is 56.7 Å². The Balaban J connectivity index is 1.64. The van der Waals surface area contributed by atoms with Crippen LogP contribution in [0.25, 0.3) is 16.7 Å². The Labute approximate surface area is 177 Å². The first-order chi connectivity index (χ1) is 14.6. The summed E-state index contributed by atoms with van der Waals surface area (Å²) in [5.74, 6) is 2.41. The molecule has 0 bridgehead atoms. The zero-order chi connectivity index (χ0) is 21.1. The molecule has 0 N–H and O–H groups in total. The molecule has 1 aliphatic rings. The Kier molecular flexibility index (Phi) is 5.97. The summed E-state index contributed by atoms with van der Waals surface area (Å²) >= 11 is 0. The lowest BCUT2D eigenvalue weighted by atomic mass is 10.1. The molecular weight excluding hydrogens is 376 g/mol. The molecule has 0 saturated carbocycles. The average Bonchev–Trinajstić information content (AvgIpc) is 3.18. The summed E-state index contributed by atoms with van der Waals surface area (Å²) in [4.78, 5) is 26.4. The molecule has 0 aliphatic carbocycles. The molecule has 1 saturated heterocycles. The van der Waals surface area contributed by atoms with Gasteiger partial charge >= 0.3 is 0 Å². The van der Waals surface area contributed by atoms with Crippen molar-refractivity contribution in [2.24, 2.45) is 5.92 Å². The Bertz CT molecular complexity index is 1010. The minimum Gasteiger partial charge on any atom is -0.352 e. The number of para-hydroxylation sites is 1. The summed E-state index contributed by atoms with van der Waals surface area (Å²) in [7, 11) is 0. The van der Waals surface area contributed by atoms with Crippen LogP contribution >= 0.6 is 0 Å². The van der Waals surface area contributed by atoms with Crippen LogP contribution in [0.5, 0.6) is 0 Å². The first-order valence-corrected chi connectivity index (χ1v) is 10.9. The first-order valence-electron chi connectivity index (χ1n) is 10.9. The molecule has 3 heterocycles. The fraction of sp³-hybridized carbons (Fsp3) is 0.478. The van der Waals surface area contributed by atoms with Crippen LogP contribution in [0.3, 0.4) is 0 Å². The number of amides is 1. The Morgan fingerprint density at radius 3 is 2.47 bits per heavy atom. The van der Waals surface area contributed by atoms with E-state index in [2.05, 4.69) is 30.8 Å². The van der Waals surface area contributed by atoms with Crippen molar-refractivity contribution in [2.45, 2.75) is 40.0 Å². The summed E-state index contributed by atoms with van der Waals surface area (Å²) < 4.78 is 1.89. The molecule has 1 fully saturated rings. The van der Waals surface area contributed by atoms with Gasteiger partial charge in [-0.05, 0) is 24.5 Å². The largest absolute Gasteiger partial charge is 0.352 e. The van der Waals surface area contributed by atoms with Gasteiger partial charge in [-0.15, -0.1) is 0 Å². The number of carbonyl (C=O) groups is 1. The van der Waals surface area contributed by atoms with E-state index in [0.29, 0.717) is 12.3 Å². The molecule has 3 aromatic rings. The van der Waals surface area contributed by atoms with Crippen LogP contribution in [0.4, 0.5) is 5.82 Å². The molecule has 0 radical (unpaired) electrons. The number of hydrogen-bond acceptors (Lipinski definition) is 5. The number of aryl methyl sites for hydroxylation is 1. The predicted octanol–water partition coefficient (Wildman–Crippen LogP) is 3.46. The molecule has 0 unspecified atom stereocenters. The summed E-state index contributed by atoms with van der Waals surface area (Å²) in [6.07, 6.45) is 4.30. The second-order valence-corrected chi connectivity index (χ2v) is 8.31. The molecule has 0 spiro atoms. The van der Waals surface area contributed by atoms with Crippen LogP contribution in [-0.2, 0) is 11.2 Å². The number of anilines is 1. The second-order valence-electron chi connectivity index (χ2n) is 8.31. The van der Waals surface area contributed by atoms with E-state index < -0.39 is 0 Å². The van der Waals surface area contributed by atoms with E-state index in [1.807, 2.05) is 46.1 Å². The number of piperazine rings is 1. The SMILES string of the molecule is CCCc1nc(N2CCN(C(=O)CC(C)C)CC2)c2cnn(-c3ccccc3)c2n1. The van der Waals surface area contributed by atoms with Gasteiger partial charge in [0, 0.05) is 39.0 Å². The van der Waals surface area contributed by atoms with Crippen molar-refractivity contribution in [3.8, 4) is 5.69 Å². The maximum absolute atomic E-state index is 12.4. The van der Waals surface area contributed by atoms with E-state index in [9.17, 15) is 4.79 Å². The van der Waals surface area contributed by atoms with E-state index in [0.717, 1.165) is 67.4 Å². The highest BCUT2D eigenvalue weighted by Gasteiger charge is 2.25. The Hall–Kier alpha value is -2.96. The van der Waals surface area contributed by atoms with Crippen LogP contribution in [0.2, 0.25) is 0 Å². The molecule has 4 rings (SSSR count). The van der Waals surface area contributed by atoms with Crippen molar-refractivity contribution in [1.82, 2.24) is 24.6 Å². The van der Waals surface area contributed by atoms with Crippen molar-refractivity contribution < 1.29 is 4.79 Å². The highest BCUT2D eigenvalue weighted by Crippen LogP contribution is 2.27. The van der Waals surface area contributed by atoms with Crippen molar-refractivity contribution in [2.75, 3.05) is 31.1 Å². The molecule has 1 aliphatic heterocycles. The van der Waals surface area contributed by atoms with Gasteiger partial charge in [-0.25, -0.2) is 14.6 Å². The lowest BCUT2D eigenvalue weighted by Gasteiger charge is -2.36. The molecular formula is C23H30N6O. The zero-order valence-corrected chi connectivity index (χ0v) is 18.1. The van der Waals surface area contributed by atoms with Gasteiger partial charge in [0.1, 0.15) is 11.6 Å². The average molecular weight is 407 g/mol. The molecule has 158 valence electrons. The molecule has 1 amide bonds. The smallest absolute Gasteiger partial charge is 0.222 e. The van der Waals surface area contributed by atoms with Gasteiger partial charge in [0.25, 0.3) is 0 Å². The summed E-state index contributed by atoms with van der Waals surface area (Å²) in [6.45, 7) is 9.33. The van der Waals surface area contributed by atoms with Crippen LogP contribution < -0.4 is 4.90 Å². The van der Waals surface area contributed by atoms with Crippen LogP contribution in [0.15, 0.2) is 36.5 Å². The third kappa shape index (κ3) is 4.15. The standard InChI is InChI=1S/C23H30N6O/c1-4-8-20-25-22(28-13-11-27(12-14-28)21(30)15-17(2)3)19-16-24-29(23(19)26-20)18-9-6-5-7-10-18/h5-7,9-10,16-17H,4,8,11-15H2,1-3H3. The predicted molar refractivity (Wildman–Crippen MR) is 119 cm³/mol. The van der Waals surface area contributed by atoms with Gasteiger partial charge in [0.2, 0.25) is 5.91 Å². The van der Waals surface area contributed by atoms with Gasteiger partial charge in [-0.3, -0.25) is 4.79 Å². The van der Waals surface area contributed by atoms with Crippen molar-refractivity contribution >= 4 is 22.8 Å². The number of nitrogens with zero attached hydrogens (tertiary/aromatic N) is 6.